The summed E-state index contributed by atoms with van der Waals surface area (Å²) < 4.78 is 0. The lowest BCUT2D eigenvalue weighted by atomic mass is 9.77. The maximum Gasteiger partial charge on any atom is 0.0129 e. The van der Waals surface area contributed by atoms with Gasteiger partial charge in [0.15, 0.2) is 0 Å². The largest absolute Gasteiger partial charge is 0.316 e. The zero-order chi connectivity index (χ0) is 12.1. The molecule has 1 unspecified atom stereocenters. The molecule has 17 heavy (non-hydrogen) atoms. The SMILES string of the molecule is CNC(CC1=CCCCC1)C1CCC(C)CC1. The second-order valence-electron chi connectivity index (χ2n) is 6.23. The van der Waals surface area contributed by atoms with Crippen LogP contribution in [0.3, 0.4) is 0 Å². The fourth-order valence-corrected chi connectivity index (χ4v) is 3.57. The van der Waals surface area contributed by atoms with Gasteiger partial charge in [0, 0.05) is 6.04 Å². The maximum absolute atomic E-state index is 3.59. The second kappa shape index (κ2) is 6.58. The lowest BCUT2D eigenvalue weighted by Gasteiger charge is -2.33. The lowest BCUT2D eigenvalue weighted by Crippen LogP contribution is -2.36. The Morgan fingerprint density at radius 3 is 2.59 bits per heavy atom. The van der Waals surface area contributed by atoms with Gasteiger partial charge in [0.2, 0.25) is 0 Å². The molecule has 0 spiro atoms. The normalized spacial score (nSPS) is 32.0. The van der Waals surface area contributed by atoms with Gasteiger partial charge in [-0.1, -0.05) is 31.4 Å². The van der Waals surface area contributed by atoms with Crippen LogP contribution in [0.2, 0.25) is 0 Å². The van der Waals surface area contributed by atoms with E-state index in [0.29, 0.717) is 0 Å². The standard InChI is InChI=1S/C16H29N/c1-13-8-10-15(11-9-13)16(17-2)12-14-6-4-3-5-7-14/h6,13,15-17H,3-5,7-12H2,1-2H3. The lowest BCUT2D eigenvalue weighted by molar-refractivity contribution is 0.234. The molecule has 2 aliphatic rings. The monoisotopic (exact) mass is 235 g/mol. The molecule has 0 heterocycles. The quantitative estimate of drug-likeness (QED) is 0.717. The average molecular weight is 235 g/mol. The van der Waals surface area contributed by atoms with Gasteiger partial charge in [-0.15, -0.1) is 0 Å². The summed E-state index contributed by atoms with van der Waals surface area (Å²) in [5, 5.41) is 3.59. The van der Waals surface area contributed by atoms with Crippen LogP contribution < -0.4 is 5.32 Å². The van der Waals surface area contributed by atoms with Crippen molar-refractivity contribution in [2.24, 2.45) is 11.8 Å². The highest BCUT2D eigenvalue weighted by molar-refractivity contribution is 5.07. The summed E-state index contributed by atoms with van der Waals surface area (Å²) in [6.07, 6.45) is 15.1. The summed E-state index contributed by atoms with van der Waals surface area (Å²) in [5.41, 5.74) is 1.73. The van der Waals surface area contributed by atoms with Crippen molar-refractivity contribution in [1.82, 2.24) is 5.32 Å². The van der Waals surface area contributed by atoms with Crippen LogP contribution in [0.5, 0.6) is 0 Å². The van der Waals surface area contributed by atoms with Crippen LogP contribution in [0.1, 0.15) is 64.7 Å². The van der Waals surface area contributed by atoms with Crippen LogP contribution in [0.4, 0.5) is 0 Å². The molecule has 0 aromatic rings. The molecule has 0 aromatic heterocycles. The molecular formula is C16H29N. The zero-order valence-electron chi connectivity index (χ0n) is 11.7. The van der Waals surface area contributed by atoms with E-state index in [2.05, 4.69) is 25.4 Å². The Kier molecular flexibility index (Phi) is 5.09. The molecule has 98 valence electrons. The Balaban J connectivity index is 1.85. The van der Waals surface area contributed by atoms with Gasteiger partial charge in [-0.05, 0) is 63.8 Å². The number of hydrogen-bond donors (Lipinski definition) is 1. The third-order valence-electron chi connectivity index (χ3n) is 4.87. The molecule has 0 saturated heterocycles. The molecule has 1 N–H and O–H groups in total. The first kappa shape index (κ1) is 13.1. The Morgan fingerprint density at radius 1 is 1.24 bits per heavy atom. The van der Waals surface area contributed by atoms with Gasteiger partial charge in [0.25, 0.3) is 0 Å². The molecule has 1 nitrogen and oxygen atoms in total. The molecule has 0 amide bonds. The minimum absolute atomic E-state index is 0.742. The van der Waals surface area contributed by atoms with Crippen LogP contribution >= 0.6 is 0 Å². The van der Waals surface area contributed by atoms with Gasteiger partial charge >= 0.3 is 0 Å². The Bertz CT molecular complexity index is 248. The van der Waals surface area contributed by atoms with Crippen LogP contribution in [-0.4, -0.2) is 13.1 Å². The van der Waals surface area contributed by atoms with E-state index >= 15 is 0 Å². The highest BCUT2D eigenvalue weighted by Gasteiger charge is 2.25. The number of rotatable bonds is 4. The van der Waals surface area contributed by atoms with E-state index in [4.69, 9.17) is 0 Å². The number of allylic oxidation sites excluding steroid dienone is 1. The van der Waals surface area contributed by atoms with Crippen LogP contribution in [0.25, 0.3) is 0 Å². The minimum atomic E-state index is 0.742. The maximum atomic E-state index is 3.59. The summed E-state index contributed by atoms with van der Waals surface area (Å²) in [5.74, 6) is 1.90. The first-order valence-electron chi connectivity index (χ1n) is 7.64. The van der Waals surface area contributed by atoms with E-state index in [1.54, 1.807) is 5.57 Å². The average Bonchev–Trinajstić information content (AvgIpc) is 2.38. The van der Waals surface area contributed by atoms with Gasteiger partial charge < -0.3 is 5.32 Å². The minimum Gasteiger partial charge on any atom is -0.316 e. The second-order valence-corrected chi connectivity index (χ2v) is 6.23. The van der Waals surface area contributed by atoms with Gasteiger partial charge in [-0.2, -0.15) is 0 Å². The Hall–Kier alpha value is -0.300. The van der Waals surface area contributed by atoms with Gasteiger partial charge in [0.05, 0.1) is 0 Å². The van der Waals surface area contributed by atoms with Crippen molar-refractivity contribution < 1.29 is 0 Å². The van der Waals surface area contributed by atoms with Crippen molar-refractivity contribution in [2.45, 2.75) is 70.8 Å². The van der Waals surface area contributed by atoms with Crippen molar-refractivity contribution in [3.05, 3.63) is 11.6 Å². The molecule has 0 bridgehead atoms. The van der Waals surface area contributed by atoms with E-state index in [0.717, 1.165) is 17.9 Å². The van der Waals surface area contributed by atoms with Crippen molar-refractivity contribution in [1.29, 1.82) is 0 Å². The summed E-state index contributed by atoms with van der Waals surface area (Å²) in [6.45, 7) is 2.41. The molecule has 1 atom stereocenters. The van der Waals surface area contributed by atoms with Crippen LogP contribution in [-0.2, 0) is 0 Å². The van der Waals surface area contributed by atoms with Crippen molar-refractivity contribution in [3.8, 4) is 0 Å². The Labute approximate surface area is 107 Å². The zero-order valence-corrected chi connectivity index (χ0v) is 11.7. The van der Waals surface area contributed by atoms with E-state index < -0.39 is 0 Å². The summed E-state index contributed by atoms with van der Waals surface area (Å²) in [4.78, 5) is 0. The smallest absolute Gasteiger partial charge is 0.0129 e. The van der Waals surface area contributed by atoms with Crippen LogP contribution in [0, 0.1) is 11.8 Å². The molecule has 0 radical (unpaired) electrons. The third kappa shape index (κ3) is 3.84. The van der Waals surface area contributed by atoms with Gasteiger partial charge in [-0.3, -0.25) is 0 Å². The fourth-order valence-electron chi connectivity index (χ4n) is 3.57. The van der Waals surface area contributed by atoms with E-state index in [1.165, 1.54) is 57.8 Å². The molecule has 1 fully saturated rings. The molecular weight excluding hydrogens is 206 g/mol. The predicted molar refractivity (Wildman–Crippen MR) is 75.1 cm³/mol. The van der Waals surface area contributed by atoms with E-state index in [-0.39, 0.29) is 0 Å². The first-order valence-corrected chi connectivity index (χ1v) is 7.64. The highest BCUT2D eigenvalue weighted by atomic mass is 14.9. The van der Waals surface area contributed by atoms with E-state index in [9.17, 15) is 0 Å². The summed E-state index contributed by atoms with van der Waals surface area (Å²) in [6, 6.07) is 0.742. The highest BCUT2D eigenvalue weighted by Crippen LogP contribution is 2.33. The van der Waals surface area contributed by atoms with Crippen LogP contribution in [0.15, 0.2) is 11.6 Å². The van der Waals surface area contributed by atoms with Gasteiger partial charge in [-0.25, -0.2) is 0 Å². The fraction of sp³-hybridized carbons (Fsp3) is 0.875. The topological polar surface area (TPSA) is 12.0 Å². The molecule has 2 aliphatic carbocycles. The van der Waals surface area contributed by atoms with E-state index in [1.807, 2.05) is 0 Å². The molecule has 1 heteroatoms. The Morgan fingerprint density at radius 2 is 2.00 bits per heavy atom. The molecule has 0 aromatic carbocycles. The molecule has 2 rings (SSSR count). The number of nitrogens with one attached hydrogen (secondary N) is 1. The third-order valence-corrected chi connectivity index (χ3v) is 4.87. The van der Waals surface area contributed by atoms with Crippen molar-refractivity contribution >= 4 is 0 Å². The van der Waals surface area contributed by atoms with Gasteiger partial charge in [0.1, 0.15) is 0 Å². The van der Waals surface area contributed by atoms with Crippen molar-refractivity contribution in [2.75, 3.05) is 7.05 Å². The number of hydrogen-bond acceptors (Lipinski definition) is 1. The first-order chi connectivity index (χ1) is 8.29. The predicted octanol–water partition coefficient (Wildman–Crippen LogP) is 4.29. The summed E-state index contributed by atoms with van der Waals surface area (Å²) in [7, 11) is 2.16. The molecule has 1 saturated carbocycles. The summed E-state index contributed by atoms with van der Waals surface area (Å²) >= 11 is 0. The van der Waals surface area contributed by atoms with Crippen molar-refractivity contribution in [3.63, 3.8) is 0 Å². The molecule has 0 aliphatic heterocycles.